The van der Waals surface area contributed by atoms with E-state index in [4.69, 9.17) is 0 Å². The van der Waals surface area contributed by atoms with Gasteiger partial charge in [-0.15, -0.1) is 0 Å². The second kappa shape index (κ2) is 6.05. The molecule has 0 unspecified atom stereocenters. The third-order valence-electron chi connectivity index (χ3n) is 3.22. The monoisotopic (exact) mass is 290 g/mol. The maximum Gasteiger partial charge on any atom is 0.180 e. The van der Waals surface area contributed by atoms with Crippen LogP contribution in [0.4, 0.5) is 5.69 Å². The number of aryl methyl sites for hydroxylation is 1. The summed E-state index contributed by atoms with van der Waals surface area (Å²) in [6.45, 7) is 4.21. The van der Waals surface area contributed by atoms with Crippen LogP contribution >= 0.6 is 0 Å². The fourth-order valence-electron chi connectivity index (χ4n) is 1.91. The normalized spacial score (nSPS) is 11.3. The van der Waals surface area contributed by atoms with Crippen LogP contribution in [0.2, 0.25) is 0 Å². The minimum Gasteiger partial charge on any atom is -0.380 e. The number of rotatable bonds is 5. The Kier molecular flexibility index (Phi) is 4.39. The van der Waals surface area contributed by atoms with Gasteiger partial charge < -0.3 is 5.32 Å². The van der Waals surface area contributed by atoms with Crippen LogP contribution in [0, 0.1) is 6.92 Å². The highest BCUT2D eigenvalue weighted by atomic mass is 32.2. The molecular formula is C15H18N2O2S. The van der Waals surface area contributed by atoms with Crippen LogP contribution in [0.1, 0.15) is 18.1 Å². The first-order valence-electron chi connectivity index (χ1n) is 6.49. The number of hydrogen-bond donors (Lipinski definition) is 1. The third kappa shape index (κ3) is 3.17. The van der Waals surface area contributed by atoms with Crippen LogP contribution in [0.15, 0.2) is 47.6 Å². The summed E-state index contributed by atoms with van der Waals surface area (Å²) >= 11 is 0. The molecule has 0 fully saturated rings. The lowest BCUT2D eigenvalue weighted by atomic mass is 10.1. The fourth-order valence-corrected chi connectivity index (χ4v) is 2.98. The van der Waals surface area contributed by atoms with Gasteiger partial charge in [-0.1, -0.05) is 19.1 Å². The van der Waals surface area contributed by atoms with E-state index in [-0.39, 0.29) is 5.75 Å². The Labute approximate surface area is 119 Å². The van der Waals surface area contributed by atoms with Crippen molar-refractivity contribution in [2.24, 2.45) is 0 Å². The molecule has 1 aromatic carbocycles. The fraction of sp³-hybridized carbons (Fsp3) is 0.267. The second-order valence-corrected chi connectivity index (χ2v) is 6.80. The molecule has 2 rings (SSSR count). The molecule has 0 aliphatic rings. The molecule has 20 heavy (non-hydrogen) atoms. The van der Waals surface area contributed by atoms with Crippen LogP contribution in [0.5, 0.6) is 0 Å². The van der Waals surface area contributed by atoms with E-state index < -0.39 is 9.84 Å². The molecule has 106 valence electrons. The molecule has 0 bridgehead atoms. The molecule has 2 aromatic rings. The Morgan fingerprint density at radius 1 is 1.20 bits per heavy atom. The first-order chi connectivity index (χ1) is 9.54. The van der Waals surface area contributed by atoms with Crippen LogP contribution in [0.3, 0.4) is 0 Å². The number of sulfone groups is 1. The lowest BCUT2D eigenvalue weighted by molar-refractivity contribution is 0.597. The van der Waals surface area contributed by atoms with Gasteiger partial charge in [0.1, 0.15) is 0 Å². The molecule has 0 spiro atoms. The maximum absolute atomic E-state index is 12.0. The lowest BCUT2D eigenvalue weighted by Crippen LogP contribution is -2.09. The van der Waals surface area contributed by atoms with Crippen molar-refractivity contribution in [2.45, 2.75) is 25.3 Å². The lowest BCUT2D eigenvalue weighted by Gasteiger charge is -2.12. The Balaban J connectivity index is 2.25. The van der Waals surface area contributed by atoms with Crippen molar-refractivity contribution in [3.8, 4) is 0 Å². The number of para-hydroxylation sites is 1. The quantitative estimate of drug-likeness (QED) is 0.920. The average molecular weight is 290 g/mol. The molecule has 0 saturated heterocycles. The molecule has 1 aromatic heterocycles. The van der Waals surface area contributed by atoms with Crippen LogP contribution < -0.4 is 5.32 Å². The molecular weight excluding hydrogens is 272 g/mol. The van der Waals surface area contributed by atoms with Gasteiger partial charge in [-0.2, -0.15) is 0 Å². The molecule has 0 aliphatic heterocycles. The Morgan fingerprint density at radius 3 is 2.65 bits per heavy atom. The van der Waals surface area contributed by atoms with Crippen molar-refractivity contribution in [1.29, 1.82) is 0 Å². The van der Waals surface area contributed by atoms with Gasteiger partial charge in [-0.3, -0.25) is 4.98 Å². The molecule has 1 N–H and O–H groups in total. The number of benzene rings is 1. The van der Waals surface area contributed by atoms with E-state index in [1.165, 1.54) is 0 Å². The van der Waals surface area contributed by atoms with E-state index in [1.54, 1.807) is 37.5 Å². The van der Waals surface area contributed by atoms with E-state index in [9.17, 15) is 8.42 Å². The van der Waals surface area contributed by atoms with Crippen molar-refractivity contribution in [2.75, 3.05) is 11.1 Å². The summed E-state index contributed by atoms with van der Waals surface area (Å²) in [4.78, 5) is 4.44. The average Bonchev–Trinajstić information content (AvgIpc) is 2.47. The van der Waals surface area contributed by atoms with Crippen molar-refractivity contribution >= 4 is 15.5 Å². The standard InChI is InChI=1S/C15H18N2O2S/c1-3-20(18,19)15-7-5-4-6-14(15)17-11-13-10-16-9-8-12(13)2/h4-10,17H,3,11H2,1-2H3. The Morgan fingerprint density at radius 2 is 1.95 bits per heavy atom. The minimum absolute atomic E-state index is 0.0949. The topological polar surface area (TPSA) is 59.1 Å². The van der Waals surface area contributed by atoms with Crippen molar-refractivity contribution < 1.29 is 8.42 Å². The summed E-state index contributed by atoms with van der Waals surface area (Å²) in [5.41, 5.74) is 2.82. The summed E-state index contributed by atoms with van der Waals surface area (Å²) in [5.74, 6) is 0.0949. The minimum atomic E-state index is -3.22. The predicted octanol–water partition coefficient (Wildman–Crippen LogP) is 2.80. The Bertz CT molecular complexity index is 697. The van der Waals surface area contributed by atoms with E-state index in [0.29, 0.717) is 17.1 Å². The second-order valence-electron chi connectivity index (χ2n) is 4.56. The van der Waals surface area contributed by atoms with Gasteiger partial charge in [0.2, 0.25) is 0 Å². The van der Waals surface area contributed by atoms with Crippen LogP contribution in [-0.4, -0.2) is 19.2 Å². The molecule has 0 radical (unpaired) electrons. The highest BCUT2D eigenvalue weighted by molar-refractivity contribution is 7.91. The van der Waals surface area contributed by atoms with Gasteiger partial charge in [-0.05, 0) is 36.2 Å². The van der Waals surface area contributed by atoms with Crippen LogP contribution in [0.25, 0.3) is 0 Å². The number of anilines is 1. The predicted molar refractivity (Wildman–Crippen MR) is 80.5 cm³/mol. The molecule has 0 atom stereocenters. The van der Waals surface area contributed by atoms with E-state index >= 15 is 0 Å². The smallest absolute Gasteiger partial charge is 0.180 e. The number of pyridine rings is 1. The number of nitrogens with zero attached hydrogens (tertiary/aromatic N) is 1. The highest BCUT2D eigenvalue weighted by Crippen LogP contribution is 2.22. The van der Waals surface area contributed by atoms with E-state index in [0.717, 1.165) is 11.1 Å². The molecule has 0 amide bonds. The first kappa shape index (κ1) is 14.5. The number of hydrogen-bond acceptors (Lipinski definition) is 4. The first-order valence-corrected chi connectivity index (χ1v) is 8.15. The SMILES string of the molecule is CCS(=O)(=O)c1ccccc1NCc1cnccc1C. The van der Waals surface area contributed by atoms with E-state index in [2.05, 4.69) is 10.3 Å². The van der Waals surface area contributed by atoms with Crippen molar-refractivity contribution in [1.82, 2.24) is 4.98 Å². The van der Waals surface area contributed by atoms with Gasteiger partial charge in [0.15, 0.2) is 9.84 Å². The zero-order valence-corrected chi connectivity index (χ0v) is 12.4. The summed E-state index contributed by atoms with van der Waals surface area (Å²) in [5, 5.41) is 3.19. The maximum atomic E-state index is 12.0. The molecule has 1 heterocycles. The zero-order valence-electron chi connectivity index (χ0n) is 11.6. The molecule has 0 saturated carbocycles. The Hall–Kier alpha value is -1.88. The van der Waals surface area contributed by atoms with Crippen molar-refractivity contribution in [3.05, 3.63) is 53.9 Å². The van der Waals surface area contributed by atoms with Gasteiger partial charge in [0.05, 0.1) is 16.3 Å². The molecule has 4 nitrogen and oxygen atoms in total. The van der Waals surface area contributed by atoms with Crippen molar-refractivity contribution in [3.63, 3.8) is 0 Å². The van der Waals surface area contributed by atoms with Crippen LogP contribution in [-0.2, 0) is 16.4 Å². The summed E-state index contributed by atoms with van der Waals surface area (Å²) in [6, 6.07) is 8.92. The summed E-state index contributed by atoms with van der Waals surface area (Å²) in [7, 11) is -3.22. The number of nitrogens with one attached hydrogen (secondary N) is 1. The van der Waals surface area contributed by atoms with E-state index in [1.807, 2.05) is 19.1 Å². The highest BCUT2D eigenvalue weighted by Gasteiger charge is 2.15. The largest absolute Gasteiger partial charge is 0.380 e. The third-order valence-corrected chi connectivity index (χ3v) is 5.01. The van der Waals surface area contributed by atoms with Gasteiger partial charge in [-0.25, -0.2) is 8.42 Å². The number of aromatic nitrogens is 1. The van der Waals surface area contributed by atoms with Gasteiger partial charge in [0, 0.05) is 18.9 Å². The molecule has 5 heteroatoms. The summed E-state index contributed by atoms with van der Waals surface area (Å²) < 4.78 is 24.1. The zero-order chi connectivity index (χ0) is 14.6. The van der Waals surface area contributed by atoms with Gasteiger partial charge >= 0.3 is 0 Å². The molecule has 0 aliphatic carbocycles. The summed E-state index contributed by atoms with van der Waals surface area (Å²) in [6.07, 6.45) is 3.54. The van der Waals surface area contributed by atoms with Gasteiger partial charge in [0.25, 0.3) is 0 Å².